The molecule has 1 N–H and O–H groups in total. The Morgan fingerprint density at radius 3 is 2.84 bits per heavy atom. The Labute approximate surface area is 149 Å². The van der Waals surface area contributed by atoms with E-state index in [1.807, 2.05) is 56.5 Å². The first-order chi connectivity index (χ1) is 12.0. The van der Waals surface area contributed by atoms with Gasteiger partial charge in [-0.3, -0.25) is 4.79 Å². The molecular formula is C18H20N4O2S. The Bertz CT molecular complexity index is 940. The third-order valence-corrected chi connectivity index (χ3v) is 5.07. The smallest absolute Gasteiger partial charge is 0.347 e. The summed E-state index contributed by atoms with van der Waals surface area (Å²) in [4.78, 5) is 29.4. The highest BCUT2D eigenvalue weighted by molar-refractivity contribution is 7.10. The number of aryl methyl sites for hydroxylation is 2. The number of aromatic nitrogens is 3. The molecule has 6 nitrogen and oxygen atoms in total. The Kier molecular flexibility index (Phi) is 4.85. The summed E-state index contributed by atoms with van der Waals surface area (Å²) in [6.45, 7) is 5.79. The van der Waals surface area contributed by atoms with Crippen LogP contribution in [0, 0.1) is 13.8 Å². The lowest BCUT2D eigenvalue weighted by molar-refractivity contribution is -0.122. The molecule has 0 bridgehead atoms. The van der Waals surface area contributed by atoms with E-state index in [0.29, 0.717) is 0 Å². The van der Waals surface area contributed by atoms with Crippen LogP contribution in [-0.2, 0) is 11.3 Å². The maximum atomic E-state index is 12.4. The number of benzene rings is 1. The minimum Gasteiger partial charge on any atom is -0.347 e. The summed E-state index contributed by atoms with van der Waals surface area (Å²) in [6.07, 6.45) is 1.46. The van der Waals surface area contributed by atoms with Crippen LogP contribution in [0.3, 0.4) is 0 Å². The number of carbonyl (C=O) groups is 1. The molecule has 0 unspecified atom stereocenters. The summed E-state index contributed by atoms with van der Waals surface area (Å²) in [5, 5.41) is 4.89. The fourth-order valence-corrected chi connectivity index (χ4v) is 3.39. The number of nitrogens with zero attached hydrogens (tertiary/aromatic N) is 3. The van der Waals surface area contributed by atoms with Crippen molar-refractivity contribution in [3.8, 4) is 5.69 Å². The van der Waals surface area contributed by atoms with E-state index in [9.17, 15) is 9.59 Å². The summed E-state index contributed by atoms with van der Waals surface area (Å²) in [6, 6.07) is 9.79. The Hall–Kier alpha value is -2.67. The molecule has 0 saturated carbocycles. The lowest BCUT2D eigenvalue weighted by Gasteiger charge is -2.15. The lowest BCUT2D eigenvalue weighted by atomic mass is 10.1. The maximum Gasteiger partial charge on any atom is 0.364 e. The average molecular weight is 356 g/mol. The van der Waals surface area contributed by atoms with Crippen molar-refractivity contribution in [2.45, 2.75) is 33.4 Å². The van der Waals surface area contributed by atoms with Gasteiger partial charge >= 0.3 is 5.69 Å². The highest BCUT2D eigenvalue weighted by Crippen LogP contribution is 2.18. The van der Waals surface area contributed by atoms with E-state index in [2.05, 4.69) is 10.3 Å². The molecule has 0 aliphatic rings. The molecule has 0 radical (unpaired) electrons. The van der Waals surface area contributed by atoms with Gasteiger partial charge in [0.05, 0.1) is 11.7 Å². The molecule has 0 aliphatic carbocycles. The van der Waals surface area contributed by atoms with Crippen molar-refractivity contribution in [1.29, 1.82) is 0 Å². The highest BCUT2D eigenvalue weighted by Gasteiger charge is 2.15. The predicted molar refractivity (Wildman–Crippen MR) is 98.2 cm³/mol. The number of rotatable bonds is 5. The number of hydrogen-bond acceptors (Lipinski definition) is 4. The molecule has 2 aromatic heterocycles. The van der Waals surface area contributed by atoms with Gasteiger partial charge in [0, 0.05) is 4.88 Å². The van der Waals surface area contributed by atoms with Crippen LogP contribution in [0.4, 0.5) is 0 Å². The highest BCUT2D eigenvalue weighted by atomic mass is 32.1. The van der Waals surface area contributed by atoms with Gasteiger partial charge in [0.2, 0.25) is 5.91 Å². The largest absolute Gasteiger partial charge is 0.364 e. The molecule has 3 aromatic rings. The SMILES string of the molecule is Cc1ccc(C)c(-n2cnc(=O)n2CC(=O)N[C@H](C)c2cccs2)c1. The van der Waals surface area contributed by atoms with Gasteiger partial charge in [0.15, 0.2) is 0 Å². The van der Waals surface area contributed by atoms with Crippen LogP contribution in [0.2, 0.25) is 0 Å². The zero-order valence-corrected chi connectivity index (χ0v) is 15.2. The molecule has 0 spiro atoms. The van der Waals surface area contributed by atoms with E-state index < -0.39 is 5.69 Å². The van der Waals surface area contributed by atoms with E-state index in [0.717, 1.165) is 21.7 Å². The topological polar surface area (TPSA) is 68.9 Å². The second kappa shape index (κ2) is 7.06. The van der Waals surface area contributed by atoms with Gasteiger partial charge in [-0.2, -0.15) is 4.98 Å². The van der Waals surface area contributed by atoms with Crippen molar-refractivity contribution in [2.75, 3.05) is 0 Å². The summed E-state index contributed by atoms with van der Waals surface area (Å²) in [5.41, 5.74) is 2.47. The molecule has 2 heterocycles. The number of carbonyl (C=O) groups excluding carboxylic acids is 1. The summed E-state index contributed by atoms with van der Waals surface area (Å²) in [5.74, 6) is -0.227. The van der Waals surface area contributed by atoms with Crippen LogP contribution in [-0.4, -0.2) is 20.3 Å². The standard InChI is InChI=1S/C18H20N4O2S/c1-12-6-7-13(2)15(9-12)22-11-19-18(24)21(22)10-17(23)20-14(3)16-5-4-8-25-16/h4-9,11,14H,10H2,1-3H3,(H,20,23)/t14-/m1/s1. The van der Waals surface area contributed by atoms with Crippen LogP contribution in [0.5, 0.6) is 0 Å². The molecular weight excluding hydrogens is 336 g/mol. The van der Waals surface area contributed by atoms with Crippen molar-refractivity contribution in [2.24, 2.45) is 0 Å². The fraction of sp³-hybridized carbons (Fsp3) is 0.278. The number of thiophene rings is 1. The summed E-state index contributed by atoms with van der Waals surface area (Å²) in [7, 11) is 0. The molecule has 0 saturated heterocycles. The Morgan fingerprint density at radius 1 is 1.32 bits per heavy atom. The van der Waals surface area contributed by atoms with Crippen LogP contribution in [0.25, 0.3) is 5.69 Å². The second-order valence-electron chi connectivity index (χ2n) is 6.02. The zero-order valence-electron chi connectivity index (χ0n) is 14.4. The van der Waals surface area contributed by atoms with Gasteiger partial charge in [0.1, 0.15) is 12.9 Å². The van der Waals surface area contributed by atoms with Gasteiger partial charge in [-0.05, 0) is 49.4 Å². The Morgan fingerprint density at radius 2 is 2.12 bits per heavy atom. The van der Waals surface area contributed by atoms with Crippen LogP contribution in [0.15, 0.2) is 46.8 Å². The minimum atomic E-state index is -0.445. The molecule has 25 heavy (non-hydrogen) atoms. The number of nitrogens with one attached hydrogen (secondary N) is 1. The average Bonchev–Trinajstić information content (AvgIpc) is 3.21. The lowest BCUT2D eigenvalue weighted by Crippen LogP contribution is -2.35. The van der Waals surface area contributed by atoms with E-state index in [1.54, 1.807) is 16.0 Å². The monoisotopic (exact) mass is 356 g/mol. The summed E-state index contributed by atoms with van der Waals surface area (Å²) < 4.78 is 2.98. The van der Waals surface area contributed by atoms with Crippen molar-refractivity contribution >= 4 is 17.2 Å². The van der Waals surface area contributed by atoms with Crippen LogP contribution >= 0.6 is 11.3 Å². The molecule has 7 heteroatoms. The van der Waals surface area contributed by atoms with Gasteiger partial charge in [-0.1, -0.05) is 18.2 Å². The molecule has 0 fully saturated rings. The van der Waals surface area contributed by atoms with E-state index in [1.165, 1.54) is 11.0 Å². The number of hydrogen-bond donors (Lipinski definition) is 1. The van der Waals surface area contributed by atoms with Crippen LogP contribution in [0.1, 0.15) is 29.0 Å². The van der Waals surface area contributed by atoms with E-state index in [-0.39, 0.29) is 18.5 Å². The zero-order chi connectivity index (χ0) is 18.0. The Balaban J connectivity index is 1.84. The van der Waals surface area contributed by atoms with Gasteiger partial charge in [0.25, 0.3) is 0 Å². The minimum absolute atomic E-state index is 0.0814. The maximum absolute atomic E-state index is 12.4. The van der Waals surface area contributed by atoms with Crippen molar-refractivity contribution < 1.29 is 4.79 Å². The molecule has 3 rings (SSSR count). The first-order valence-corrected chi connectivity index (χ1v) is 8.88. The predicted octanol–water partition coefficient (Wildman–Crippen LogP) is 2.59. The van der Waals surface area contributed by atoms with Gasteiger partial charge < -0.3 is 5.32 Å². The fourth-order valence-electron chi connectivity index (χ4n) is 2.66. The number of amides is 1. The van der Waals surface area contributed by atoms with E-state index in [4.69, 9.17) is 0 Å². The molecule has 1 amide bonds. The van der Waals surface area contributed by atoms with Crippen molar-refractivity contribution in [3.05, 3.63) is 68.5 Å². The van der Waals surface area contributed by atoms with E-state index >= 15 is 0 Å². The molecule has 0 aliphatic heterocycles. The molecule has 130 valence electrons. The van der Waals surface area contributed by atoms with Crippen molar-refractivity contribution in [1.82, 2.24) is 19.7 Å². The first-order valence-electron chi connectivity index (χ1n) is 8.00. The quantitative estimate of drug-likeness (QED) is 0.764. The van der Waals surface area contributed by atoms with Crippen molar-refractivity contribution in [3.63, 3.8) is 0 Å². The third-order valence-electron chi connectivity index (χ3n) is 4.01. The first kappa shape index (κ1) is 17.2. The van der Waals surface area contributed by atoms with Crippen LogP contribution < -0.4 is 11.0 Å². The second-order valence-corrected chi connectivity index (χ2v) is 7.00. The normalized spacial score (nSPS) is 12.1. The summed E-state index contributed by atoms with van der Waals surface area (Å²) >= 11 is 1.59. The van der Waals surface area contributed by atoms with Gasteiger partial charge in [-0.25, -0.2) is 14.2 Å². The molecule has 1 atom stereocenters. The van der Waals surface area contributed by atoms with Gasteiger partial charge in [-0.15, -0.1) is 11.3 Å². The molecule has 1 aromatic carbocycles. The third kappa shape index (κ3) is 3.71.